The molecule has 1 aliphatic heterocycles. The highest BCUT2D eigenvalue weighted by Gasteiger charge is 2.20. The number of hydrogen-bond acceptors (Lipinski definition) is 4. The molecule has 2 aromatic rings. The second-order valence-electron chi connectivity index (χ2n) is 4.97. The average molecular weight is 252 g/mol. The van der Waals surface area contributed by atoms with Gasteiger partial charge >= 0.3 is 0 Å². The number of aromatic nitrogens is 1. The first kappa shape index (κ1) is 11.9. The summed E-state index contributed by atoms with van der Waals surface area (Å²) in [6, 6.07) is 12.6. The van der Waals surface area contributed by atoms with Crippen LogP contribution >= 0.6 is 0 Å². The number of nitrogens with one attached hydrogen (secondary N) is 1. The van der Waals surface area contributed by atoms with Crippen LogP contribution in [0.4, 0.5) is 5.82 Å². The van der Waals surface area contributed by atoms with Gasteiger partial charge in [0.25, 0.3) is 0 Å². The Hall–Kier alpha value is -2.12. The lowest BCUT2D eigenvalue weighted by atomic mass is 10.1. The van der Waals surface area contributed by atoms with Gasteiger partial charge in [0, 0.05) is 31.1 Å². The molecule has 4 heteroatoms. The number of benzene rings is 1. The number of hydrogen-bond donors (Lipinski definition) is 1. The summed E-state index contributed by atoms with van der Waals surface area (Å²) in [6.07, 6.45) is 0. The summed E-state index contributed by atoms with van der Waals surface area (Å²) in [5.74, 6) is 0.814. The fourth-order valence-corrected chi connectivity index (χ4v) is 2.55. The number of nitrogens with zero attached hydrogens (tertiary/aromatic N) is 3. The summed E-state index contributed by atoms with van der Waals surface area (Å²) in [6.45, 7) is 4.87. The van der Waals surface area contributed by atoms with Gasteiger partial charge in [-0.3, -0.25) is 0 Å². The predicted molar refractivity (Wildman–Crippen MR) is 76.1 cm³/mol. The van der Waals surface area contributed by atoms with Crippen LogP contribution in [0.2, 0.25) is 0 Å². The Bertz CT molecular complexity index is 644. The van der Waals surface area contributed by atoms with Crippen molar-refractivity contribution in [1.82, 2.24) is 10.3 Å². The van der Waals surface area contributed by atoms with E-state index in [1.54, 1.807) is 0 Å². The second kappa shape index (κ2) is 4.87. The highest BCUT2D eigenvalue weighted by atomic mass is 15.2. The first-order valence-corrected chi connectivity index (χ1v) is 6.56. The maximum Gasteiger partial charge on any atom is 0.147 e. The third-order valence-corrected chi connectivity index (χ3v) is 3.49. The van der Waals surface area contributed by atoms with E-state index in [0.29, 0.717) is 11.6 Å². The van der Waals surface area contributed by atoms with Crippen molar-refractivity contribution in [2.45, 2.75) is 13.0 Å². The van der Waals surface area contributed by atoms with Crippen molar-refractivity contribution in [3.05, 3.63) is 35.9 Å². The zero-order valence-corrected chi connectivity index (χ0v) is 10.9. The topological polar surface area (TPSA) is 52.0 Å². The highest BCUT2D eigenvalue weighted by Crippen LogP contribution is 2.23. The average Bonchev–Trinajstić information content (AvgIpc) is 2.46. The van der Waals surface area contributed by atoms with Crippen LogP contribution in [0.25, 0.3) is 10.9 Å². The van der Waals surface area contributed by atoms with Crippen LogP contribution in [0.3, 0.4) is 0 Å². The number of piperazine rings is 1. The molecule has 0 bridgehead atoms. The molecule has 1 N–H and O–H groups in total. The molecule has 3 rings (SSSR count). The van der Waals surface area contributed by atoms with Crippen LogP contribution in [0.1, 0.15) is 12.5 Å². The molecule has 1 aromatic heterocycles. The minimum atomic E-state index is 0.425. The van der Waals surface area contributed by atoms with Crippen LogP contribution in [0.5, 0.6) is 0 Å². The van der Waals surface area contributed by atoms with Gasteiger partial charge in [0.1, 0.15) is 11.9 Å². The maximum atomic E-state index is 9.34. The van der Waals surface area contributed by atoms with Crippen LogP contribution in [0.15, 0.2) is 30.3 Å². The molecule has 0 aliphatic carbocycles. The van der Waals surface area contributed by atoms with Gasteiger partial charge in [-0.15, -0.1) is 0 Å². The van der Waals surface area contributed by atoms with Crippen LogP contribution in [0, 0.1) is 11.3 Å². The standard InChI is InChI=1S/C15H16N4/c1-11-10-19(7-6-17-11)15-13(9-16)8-12-4-2-3-5-14(12)18-15/h2-5,8,11,17H,6-7,10H2,1H3/t11-/m1/s1. The zero-order chi connectivity index (χ0) is 13.2. The molecule has 19 heavy (non-hydrogen) atoms. The Kier molecular flexibility index (Phi) is 3.06. The molecule has 2 heterocycles. The zero-order valence-electron chi connectivity index (χ0n) is 10.9. The molecule has 1 aromatic carbocycles. The molecule has 0 spiro atoms. The van der Waals surface area contributed by atoms with Gasteiger partial charge in [0.2, 0.25) is 0 Å². The lowest BCUT2D eigenvalue weighted by Crippen LogP contribution is -2.49. The van der Waals surface area contributed by atoms with E-state index in [2.05, 4.69) is 28.2 Å². The molecule has 1 atom stereocenters. The second-order valence-corrected chi connectivity index (χ2v) is 4.97. The van der Waals surface area contributed by atoms with Crippen LogP contribution < -0.4 is 10.2 Å². The maximum absolute atomic E-state index is 9.34. The van der Waals surface area contributed by atoms with E-state index in [9.17, 15) is 5.26 Å². The number of para-hydroxylation sites is 1. The first-order chi connectivity index (χ1) is 9.28. The van der Waals surface area contributed by atoms with Crippen LogP contribution in [-0.2, 0) is 0 Å². The summed E-state index contributed by atoms with van der Waals surface area (Å²) in [4.78, 5) is 6.88. The summed E-state index contributed by atoms with van der Waals surface area (Å²) < 4.78 is 0. The van der Waals surface area contributed by atoms with Gasteiger partial charge in [0.15, 0.2) is 0 Å². The van der Waals surface area contributed by atoms with E-state index in [0.717, 1.165) is 36.4 Å². The van der Waals surface area contributed by atoms with Crippen molar-refractivity contribution in [1.29, 1.82) is 5.26 Å². The number of fused-ring (bicyclic) bond motifs is 1. The van der Waals surface area contributed by atoms with Gasteiger partial charge in [-0.05, 0) is 19.1 Å². The summed E-state index contributed by atoms with van der Waals surface area (Å²) >= 11 is 0. The van der Waals surface area contributed by atoms with Crippen LogP contribution in [-0.4, -0.2) is 30.7 Å². The SMILES string of the molecule is C[C@@H]1CN(c2nc3ccccc3cc2C#N)CCN1. The van der Waals surface area contributed by atoms with Gasteiger partial charge in [-0.1, -0.05) is 18.2 Å². The summed E-state index contributed by atoms with van der Waals surface area (Å²) in [5, 5.41) is 13.8. The number of nitriles is 1. The van der Waals surface area contributed by atoms with E-state index < -0.39 is 0 Å². The van der Waals surface area contributed by atoms with Crippen molar-refractivity contribution < 1.29 is 0 Å². The Morgan fingerprint density at radius 1 is 1.42 bits per heavy atom. The third kappa shape index (κ3) is 2.25. The fraction of sp³-hybridized carbons (Fsp3) is 0.333. The molecule has 4 nitrogen and oxygen atoms in total. The largest absolute Gasteiger partial charge is 0.353 e. The summed E-state index contributed by atoms with van der Waals surface area (Å²) in [7, 11) is 0. The Balaban J connectivity index is 2.08. The Labute approximate surface area is 112 Å². The molecule has 0 unspecified atom stereocenters. The van der Waals surface area contributed by atoms with Gasteiger partial charge in [0.05, 0.1) is 11.1 Å². The highest BCUT2D eigenvalue weighted by molar-refractivity contribution is 5.83. The van der Waals surface area contributed by atoms with Crippen molar-refractivity contribution in [3.8, 4) is 6.07 Å². The molecule has 1 fully saturated rings. The molecule has 1 saturated heterocycles. The smallest absolute Gasteiger partial charge is 0.147 e. The Morgan fingerprint density at radius 3 is 3.05 bits per heavy atom. The Morgan fingerprint density at radius 2 is 2.26 bits per heavy atom. The molecule has 1 aliphatic rings. The van der Waals surface area contributed by atoms with Gasteiger partial charge < -0.3 is 10.2 Å². The number of anilines is 1. The van der Waals surface area contributed by atoms with Gasteiger partial charge in [-0.2, -0.15) is 5.26 Å². The predicted octanol–water partition coefficient (Wildman–Crippen LogP) is 1.90. The molecule has 96 valence electrons. The minimum absolute atomic E-state index is 0.425. The normalized spacial score (nSPS) is 19.4. The fourth-order valence-electron chi connectivity index (χ4n) is 2.55. The van der Waals surface area contributed by atoms with Crippen molar-refractivity contribution in [2.75, 3.05) is 24.5 Å². The molecular formula is C15H16N4. The van der Waals surface area contributed by atoms with E-state index in [1.165, 1.54) is 0 Å². The van der Waals surface area contributed by atoms with E-state index >= 15 is 0 Å². The lowest BCUT2D eigenvalue weighted by Gasteiger charge is -2.33. The lowest BCUT2D eigenvalue weighted by molar-refractivity contribution is 0.482. The molecule has 0 saturated carbocycles. The summed E-state index contributed by atoms with van der Waals surface area (Å²) in [5.41, 5.74) is 1.61. The van der Waals surface area contributed by atoms with Crippen molar-refractivity contribution >= 4 is 16.7 Å². The van der Waals surface area contributed by atoms with Gasteiger partial charge in [-0.25, -0.2) is 4.98 Å². The van der Waals surface area contributed by atoms with E-state index in [1.807, 2.05) is 30.3 Å². The molecule has 0 amide bonds. The monoisotopic (exact) mass is 252 g/mol. The minimum Gasteiger partial charge on any atom is -0.353 e. The number of rotatable bonds is 1. The quantitative estimate of drug-likeness (QED) is 0.842. The molecular weight excluding hydrogens is 236 g/mol. The van der Waals surface area contributed by atoms with E-state index in [4.69, 9.17) is 0 Å². The molecule has 0 radical (unpaired) electrons. The van der Waals surface area contributed by atoms with E-state index in [-0.39, 0.29) is 0 Å². The van der Waals surface area contributed by atoms with Crippen molar-refractivity contribution in [2.24, 2.45) is 0 Å². The third-order valence-electron chi connectivity index (χ3n) is 3.49. The van der Waals surface area contributed by atoms with Crippen molar-refractivity contribution in [3.63, 3.8) is 0 Å². The number of pyridine rings is 1. The first-order valence-electron chi connectivity index (χ1n) is 6.56.